The number of hydrogen-bond donors (Lipinski definition) is 2. The summed E-state index contributed by atoms with van der Waals surface area (Å²) in [6, 6.07) is 0. The number of nitrogens with zero attached hydrogens (tertiary/aromatic N) is 2. The van der Waals surface area contributed by atoms with E-state index in [2.05, 4.69) is 10.2 Å². The summed E-state index contributed by atoms with van der Waals surface area (Å²) >= 11 is 0. The zero-order valence-corrected chi connectivity index (χ0v) is 18.4. The van der Waals surface area contributed by atoms with E-state index in [9.17, 15) is 9.59 Å². The van der Waals surface area contributed by atoms with Gasteiger partial charge in [-0.1, -0.05) is 0 Å². The number of piperidine rings is 3. The Bertz CT molecular complexity index is 473. The zero-order chi connectivity index (χ0) is 18.4. The summed E-state index contributed by atoms with van der Waals surface area (Å²) in [7, 11) is 0. The van der Waals surface area contributed by atoms with Crippen molar-refractivity contribution in [1.29, 1.82) is 0 Å². The van der Waals surface area contributed by atoms with Gasteiger partial charge in [0.1, 0.15) is 0 Å². The largest absolute Gasteiger partial charge is 0.481 e. The predicted molar refractivity (Wildman–Crippen MR) is 115 cm³/mol. The predicted octanol–water partition coefficient (Wildman–Crippen LogP) is 2.65. The summed E-state index contributed by atoms with van der Waals surface area (Å²) in [6.07, 6.45) is 7.83. The third-order valence-electron chi connectivity index (χ3n) is 6.64. The molecule has 0 atom stereocenters. The molecule has 3 saturated heterocycles. The van der Waals surface area contributed by atoms with Gasteiger partial charge in [-0.15, -0.1) is 24.8 Å². The van der Waals surface area contributed by atoms with Crippen molar-refractivity contribution >= 4 is 36.7 Å². The summed E-state index contributed by atoms with van der Waals surface area (Å²) < 4.78 is 0. The molecule has 6 nitrogen and oxygen atoms in total. The van der Waals surface area contributed by atoms with Crippen LogP contribution in [0.2, 0.25) is 0 Å². The first-order chi connectivity index (χ1) is 12.6. The lowest BCUT2D eigenvalue weighted by molar-refractivity contribution is -0.140. The highest BCUT2D eigenvalue weighted by atomic mass is 35.5. The smallest absolute Gasteiger partial charge is 0.303 e. The van der Waals surface area contributed by atoms with E-state index in [0.29, 0.717) is 5.91 Å². The van der Waals surface area contributed by atoms with Crippen LogP contribution in [0.15, 0.2) is 0 Å². The van der Waals surface area contributed by atoms with Crippen molar-refractivity contribution in [3.63, 3.8) is 0 Å². The molecule has 0 radical (unpaired) electrons. The lowest BCUT2D eigenvalue weighted by Gasteiger charge is -2.37. The number of carboxylic acid groups (broad SMARTS) is 1. The molecule has 0 spiro atoms. The second-order valence-electron chi connectivity index (χ2n) is 8.46. The molecule has 8 heteroatoms. The number of carboxylic acids is 1. The fourth-order valence-electron chi connectivity index (χ4n) is 4.80. The molecule has 3 rings (SSSR count). The molecule has 3 heterocycles. The number of carbonyl (C=O) groups excluding carboxylic acids is 1. The molecule has 0 bridgehead atoms. The van der Waals surface area contributed by atoms with E-state index in [0.717, 1.165) is 57.8 Å². The van der Waals surface area contributed by atoms with Crippen LogP contribution in [-0.2, 0) is 9.59 Å². The van der Waals surface area contributed by atoms with Gasteiger partial charge in [0.25, 0.3) is 0 Å². The van der Waals surface area contributed by atoms with Gasteiger partial charge >= 0.3 is 5.97 Å². The van der Waals surface area contributed by atoms with E-state index in [1.165, 1.54) is 38.9 Å². The Hall–Kier alpha value is -0.560. The first-order valence-corrected chi connectivity index (χ1v) is 10.6. The molecule has 0 unspecified atom stereocenters. The summed E-state index contributed by atoms with van der Waals surface area (Å²) in [4.78, 5) is 28.1. The Morgan fingerprint density at radius 1 is 0.857 bits per heavy atom. The minimum atomic E-state index is -0.716. The summed E-state index contributed by atoms with van der Waals surface area (Å²) in [5.74, 6) is 0.903. The molecule has 0 saturated carbocycles. The standard InChI is InChI=1S/C20H35N3O3.2ClH/c24-19(25)15-17-4-13-23(14-5-17)20(26)18-6-11-22(12-7-18)10-3-16-1-8-21-9-2-16;;/h16-18,21H,1-15H2,(H,24,25);2*1H. The highest BCUT2D eigenvalue weighted by Gasteiger charge is 2.31. The third kappa shape index (κ3) is 7.69. The van der Waals surface area contributed by atoms with Crippen LogP contribution in [0.25, 0.3) is 0 Å². The lowest BCUT2D eigenvalue weighted by atomic mass is 9.90. The molecule has 3 aliphatic rings. The van der Waals surface area contributed by atoms with Crippen LogP contribution in [0.4, 0.5) is 0 Å². The second-order valence-corrected chi connectivity index (χ2v) is 8.46. The molecule has 3 fully saturated rings. The molecule has 164 valence electrons. The maximum absolute atomic E-state index is 12.8. The molecule has 1 amide bonds. The minimum absolute atomic E-state index is 0. The number of halogens is 2. The Morgan fingerprint density at radius 2 is 1.46 bits per heavy atom. The van der Waals surface area contributed by atoms with Crippen LogP contribution in [0, 0.1) is 17.8 Å². The highest BCUT2D eigenvalue weighted by molar-refractivity contribution is 5.85. The lowest BCUT2D eigenvalue weighted by Crippen LogP contribution is -2.46. The van der Waals surface area contributed by atoms with Gasteiger partial charge in [0.15, 0.2) is 0 Å². The summed E-state index contributed by atoms with van der Waals surface area (Å²) in [5, 5.41) is 12.3. The van der Waals surface area contributed by atoms with Crippen molar-refractivity contribution in [3.05, 3.63) is 0 Å². The molecule has 28 heavy (non-hydrogen) atoms. The first kappa shape index (κ1) is 25.5. The molecule has 3 aliphatic heterocycles. The van der Waals surface area contributed by atoms with Crippen LogP contribution in [0.1, 0.15) is 51.4 Å². The van der Waals surface area contributed by atoms with Gasteiger partial charge in [-0.3, -0.25) is 9.59 Å². The van der Waals surface area contributed by atoms with Gasteiger partial charge in [-0.25, -0.2) is 0 Å². The van der Waals surface area contributed by atoms with Gasteiger partial charge in [0, 0.05) is 25.4 Å². The number of nitrogens with one attached hydrogen (secondary N) is 1. The van der Waals surface area contributed by atoms with Gasteiger partial charge in [0.05, 0.1) is 0 Å². The van der Waals surface area contributed by atoms with E-state index >= 15 is 0 Å². The first-order valence-electron chi connectivity index (χ1n) is 10.6. The number of likely N-dealkylation sites (tertiary alicyclic amines) is 2. The average Bonchev–Trinajstić information content (AvgIpc) is 2.67. The molecule has 0 aromatic rings. The van der Waals surface area contributed by atoms with E-state index in [-0.39, 0.29) is 43.1 Å². The second kappa shape index (κ2) is 12.9. The molecule has 0 aromatic carbocycles. The maximum atomic E-state index is 12.8. The summed E-state index contributed by atoms with van der Waals surface area (Å²) in [6.45, 7) is 7.12. The van der Waals surface area contributed by atoms with Crippen LogP contribution < -0.4 is 5.32 Å². The van der Waals surface area contributed by atoms with Gasteiger partial charge in [-0.05, 0) is 89.5 Å². The van der Waals surface area contributed by atoms with Crippen LogP contribution in [0.3, 0.4) is 0 Å². The molecular formula is C20H37Cl2N3O3. The van der Waals surface area contributed by atoms with Crippen molar-refractivity contribution in [2.24, 2.45) is 17.8 Å². The normalized spacial score (nSPS) is 22.9. The number of amides is 1. The van der Waals surface area contributed by atoms with Crippen molar-refractivity contribution in [2.45, 2.75) is 51.4 Å². The molecular weight excluding hydrogens is 401 g/mol. The average molecular weight is 438 g/mol. The van der Waals surface area contributed by atoms with E-state index in [1.807, 2.05) is 4.90 Å². The van der Waals surface area contributed by atoms with Gasteiger partial charge in [0.2, 0.25) is 5.91 Å². The fraction of sp³-hybridized carbons (Fsp3) is 0.900. The van der Waals surface area contributed by atoms with Crippen LogP contribution in [0.5, 0.6) is 0 Å². The SMILES string of the molecule is Cl.Cl.O=C(O)CC1CCN(C(=O)C2CCN(CCC3CCNCC3)CC2)CC1. The quantitative estimate of drug-likeness (QED) is 0.667. The number of aliphatic carboxylic acids is 1. The number of carbonyl (C=O) groups is 2. The van der Waals surface area contributed by atoms with E-state index < -0.39 is 5.97 Å². The molecule has 2 N–H and O–H groups in total. The Kier molecular flexibility index (Phi) is 11.7. The minimum Gasteiger partial charge on any atom is -0.481 e. The number of hydrogen-bond acceptors (Lipinski definition) is 4. The van der Waals surface area contributed by atoms with Gasteiger partial charge < -0.3 is 20.2 Å². The van der Waals surface area contributed by atoms with Crippen molar-refractivity contribution in [1.82, 2.24) is 15.1 Å². The summed E-state index contributed by atoms with van der Waals surface area (Å²) in [5.41, 5.74) is 0. The van der Waals surface area contributed by atoms with Crippen LogP contribution in [-0.4, -0.2) is 72.6 Å². The van der Waals surface area contributed by atoms with E-state index in [1.54, 1.807) is 0 Å². The topological polar surface area (TPSA) is 72.9 Å². The molecule has 0 aromatic heterocycles. The van der Waals surface area contributed by atoms with Crippen molar-refractivity contribution < 1.29 is 14.7 Å². The molecule has 0 aliphatic carbocycles. The van der Waals surface area contributed by atoms with Crippen LogP contribution >= 0.6 is 24.8 Å². The Labute approximate surface area is 181 Å². The van der Waals surface area contributed by atoms with Crippen molar-refractivity contribution in [2.75, 3.05) is 45.8 Å². The van der Waals surface area contributed by atoms with Crippen molar-refractivity contribution in [3.8, 4) is 0 Å². The fourth-order valence-corrected chi connectivity index (χ4v) is 4.80. The number of rotatable bonds is 6. The Morgan fingerprint density at radius 3 is 2.04 bits per heavy atom. The monoisotopic (exact) mass is 437 g/mol. The highest BCUT2D eigenvalue weighted by Crippen LogP contribution is 2.26. The maximum Gasteiger partial charge on any atom is 0.303 e. The Balaban J connectivity index is 0.00000196. The third-order valence-corrected chi connectivity index (χ3v) is 6.64. The van der Waals surface area contributed by atoms with Gasteiger partial charge in [-0.2, -0.15) is 0 Å². The van der Waals surface area contributed by atoms with E-state index in [4.69, 9.17) is 5.11 Å². The zero-order valence-electron chi connectivity index (χ0n) is 16.8.